The first-order valence-corrected chi connectivity index (χ1v) is 8.73. The fourth-order valence-electron chi connectivity index (χ4n) is 3.34. The van der Waals surface area contributed by atoms with Crippen molar-refractivity contribution < 1.29 is 11.3 Å². The summed E-state index contributed by atoms with van der Waals surface area (Å²) >= 11 is 0. The maximum absolute atomic E-state index is 8.64. The molecule has 0 spiro atoms. The van der Waals surface area contributed by atoms with Crippen LogP contribution in [0.1, 0.15) is 23.5 Å². The highest BCUT2D eigenvalue weighted by molar-refractivity contribution is 6.09. The first kappa shape index (κ1) is 11.3. The first-order valence-electron chi connectivity index (χ1n) is 11.2. The van der Waals surface area contributed by atoms with Crippen molar-refractivity contribution >= 4 is 21.9 Å². The number of para-hydroxylation sites is 1. The molecule has 2 aromatic heterocycles. The Morgan fingerprint density at radius 1 is 0.889 bits per heavy atom. The summed E-state index contributed by atoms with van der Waals surface area (Å²) in [5, 5.41) is 1.73. The van der Waals surface area contributed by atoms with Crippen LogP contribution in [0.3, 0.4) is 0 Å². The number of hydrogen-bond acceptors (Lipinski definition) is 2. The number of rotatable bonds is 3. The number of aryl methyl sites for hydroxylation is 1. The second-order valence-electron chi connectivity index (χ2n) is 6.42. The van der Waals surface area contributed by atoms with Crippen LogP contribution in [0, 0.1) is 6.85 Å². The standard InChI is InChI=1S/C25H19NO/c1-17-12-13-26-23(14-17)22-9-5-8-21-20-11-10-19(16-24(20)27-25(21)22)15-18-6-3-2-4-7-18/h2-14,16H,15H2,1H3/i1D3,15D2. The summed E-state index contributed by atoms with van der Waals surface area (Å²) in [7, 11) is 0. The zero-order valence-corrected chi connectivity index (χ0v) is 14.4. The van der Waals surface area contributed by atoms with E-state index in [1.165, 1.54) is 12.3 Å². The lowest BCUT2D eigenvalue weighted by molar-refractivity contribution is 0.669. The van der Waals surface area contributed by atoms with Crippen LogP contribution in [0.25, 0.3) is 33.2 Å². The number of benzene rings is 3. The summed E-state index contributed by atoms with van der Waals surface area (Å²) in [6.45, 7) is -2.22. The SMILES string of the molecule is [2H]C([2H])([2H])c1ccnc(-c2cccc3c2oc2cc(C([2H])([2H])c4ccccc4)ccc23)c1. The topological polar surface area (TPSA) is 26.0 Å². The molecule has 5 aromatic rings. The van der Waals surface area contributed by atoms with Crippen molar-refractivity contribution in [3.63, 3.8) is 0 Å². The van der Waals surface area contributed by atoms with Crippen molar-refractivity contribution in [3.05, 3.63) is 102 Å². The summed E-state index contributed by atoms with van der Waals surface area (Å²) in [6, 6.07) is 23.1. The van der Waals surface area contributed by atoms with Crippen LogP contribution in [-0.4, -0.2) is 4.98 Å². The molecule has 2 heterocycles. The second-order valence-corrected chi connectivity index (χ2v) is 6.42. The van der Waals surface area contributed by atoms with Gasteiger partial charge in [0, 0.05) is 29.4 Å². The van der Waals surface area contributed by atoms with Gasteiger partial charge in [0.05, 0.1) is 5.69 Å². The molecule has 0 aliphatic rings. The molecule has 0 saturated carbocycles. The van der Waals surface area contributed by atoms with Crippen LogP contribution in [0.15, 0.2) is 89.5 Å². The van der Waals surface area contributed by atoms with Gasteiger partial charge in [-0.05, 0) is 54.2 Å². The van der Waals surface area contributed by atoms with Crippen LogP contribution in [0.4, 0.5) is 0 Å². The van der Waals surface area contributed by atoms with E-state index in [4.69, 9.17) is 11.3 Å². The molecule has 0 aliphatic carbocycles. The smallest absolute Gasteiger partial charge is 0.144 e. The van der Waals surface area contributed by atoms with E-state index in [2.05, 4.69) is 4.98 Å². The molecule has 0 radical (unpaired) electrons. The van der Waals surface area contributed by atoms with E-state index < -0.39 is 13.2 Å². The Kier molecular flexibility index (Phi) is 2.69. The highest BCUT2D eigenvalue weighted by Crippen LogP contribution is 2.35. The van der Waals surface area contributed by atoms with Crippen LogP contribution >= 0.6 is 0 Å². The average Bonchev–Trinajstić information content (AvgIpc) is 3.17. The maximum Gasteiger partial charge on any atom is 0.144 e. The summed E-state index contributed by atoms with van der Waals surface area (Å²) in [5.41, 5.74) is 3.66. The molecule has 130 valence electrons. The van der Waals surface area contributed by atoms with Crippen molar-refractivity contribution in [2.45, 2.75) is 13.2 Å². The first-order chi connectivity index (χ1) is 15.2. The number of furan rings is 1. The third-order valence-corrected chi connectivity index (χ3v) is 4.60. The number of pyridine rings is 1. The molecule has 0 bridgehead atoms. The molecule has 0 unspecified atom stereocenters. The third kappa shape index (κ3) is 2.89. The molecule has 0 fully saturated rings. The lowest BCUT2D eigenvalue weighted by Gasteiger charge is -2.02. The van der Waals surface area contributed by atoms with Crippen LogP contribution < -0.4 is 0 Å². The molecule has 0 saturated heterocycles. The minimum atomic E-state index is -2.22. The highest BCUT2D eigenvalue weighted by atomic mass is 16.3. The third-order valence-electron chi connectivity index (χ3n) is 4.60. The van der Waals surface area contributed by atoms with Gasteiger partial charge in [-0.15, -0.1) is 0 Å². The van der Waals surface area contributed by atoms with E-state index in [-0.39, 0.29) is 5.56 Å². The number of fused-ring (bicyclic) bond motifs is 3. The molecule has 2 heteroatoms. The molecule has 0 N–H and O–H groups in total. The summed E-state index contributed by atoms with van der Waals surface area (Å²) in [6.07, 6.45) is -0.183. The molecule has 27 heavy (non-hydrogen) atoms. The molecule has 2 nitrogen and oxygen atoms in total. The van der Waals surface area contributed by atoms with E-state index in [9.17, 15) is 0 Å². The van der Waals surface area contributed by atoms with E-state index in [0.29, 0.717) is 33.6 Å². The van der Waals surface area contributed by atoms with Gasteiger partial charge in [0.15, 0.2) is 0 Å². The minimum Gasteiger partial charge on any atom is -0.455 e. The highest BCUT2D eigenvalue weighted by Gasteiger charge is 2.13. The molecular weight excluding hydrogens is 330 g/mol. The fraction of sp³-hybridized carbons (Fsp3) is 0.0800. The van der Waals surface area contributed by atoms with Gasteiger partial charge in [-0.1, -0.05) is 54.6 Å². The Balaban J connectivity index is 1.67. The lowest BCUT2D eigenvalue weighted by Crippen LogP contribution is -1.86. The molecule has 0 amide bonds. The van der Waals surface area contributed by atoms with Crippen LogP contribution in [0.2, 0.25) is 0 Å². The quantitative estimate of drug-likeness (QED) is 0.367. The van der Waals surface area contributed by atoms with E-state index >= 15 is 0 Å². The number of aromatic nitrogens is 1. The average molecular weight is 354 g/mol. The predicted octanol–water partition coefficient (Wildman–Crippen LogP) is 6.55. The largest absolute Gasteiger partial charge is 0.455 e. The number of nitrogens with zero attached hydrogens (tertiary/aromatic N) is 1. The van der Waals surface area contributed by atoms with E-state index in [0.717, 1.165) is 10.8 Å². The Labute approximate surface area is 165 Å². The molecule has 5 rings (SSSR count). The summed E-state index contributed by atoms with van der Waals surface area (Å²) in [5.74, 6) is 0. The minimum absolute atomic E-state index is 0.217. The van der Waals surface area contributed by atoms with Gasteiger partial charge in [-0.25, -0.2) is 0 Å². The van der Waals surface area contributed by atoms with Gasteiger partial charge in [-0.2, -0.15) is 0 Å². The Morgan fingerprint density at radius 3 is 2.70 bits per heavy atom. The van der Waals surface area contributed by atoms with Crippen molar-refractivity contribution in [1.82, 2.24) is 4.98 Å². The number of hydrogen-bond donors (Lipinski definition) is 0. The Hall–Kier alpha value is -3.39. The maximum atomic E-state index is 8.64. The zero-order valence-electron chi connectivity index (χ0n) is 19.4. The van der Waals surface area contributed by atoms with Crippen LogP contribution in [0.5, 0.6) is 0 Å². The lowest BCUT2D eigenvalue weighted by atomic mass is 10.0. The molecular formula is C25H19NO. The van der Waals surface area contributed by atoms with Gasteiger partial charge < -0.3 is 4.42 Å². The van der Waals surface area contributed by atoms with Gasteiger partial charge in [0.1, 0.15) is 11.2 Å². The molecule has 3 aromatic carbocycles. The fourth-order valence-corrected chi connectivity index (χ4v) is 3.34. The van der Waals surface area contributed by atoms with Gasteiger partial charge in [-0.3, -0.25) is 4.98 Å². The van der Waals surface area contributed by atoms with Gasteiger partial charge in [0.25, 0.3) is 0 Å². The zero-order chi connectivity index (χ0) is 22.5. The predicted molar refractivity (Wildman–Crippen MR) is 111 cm³/mol. The Morgan fingerprint density at radius 2 is 1.81 bits per heavy atom. The Bertz CT molecular complexity index is 1440. The van der Waals surface area contributed by atoms with Crippen molar-refractivity contribution in [2.24, 2.45) is 0 Å². The van der Waals surface area contributed by atoms with E-state index in [1.807, 2.05) is 42.5 Å². The second kappa shape index (κ2) is 6.40. The van der Waals surface area contributed by atoms with Crippen molar-refractivity contribution in [1.29, 1.82) is 0 Å². The van der Waals surface area contributed by atoms with Gasteiger partial charge >= 0.3 is 0 Å². The van der Waals surface area contributed by atoms with Gasteiger partial charge in [0.2, 0.25) is 0 Å². The van der Waals surface area contributed by atoms with Crippen molar-refractivity contribution in [3.8, 4) is 11.3 Å². The molecule has 0 aliphatic heterocycles. The molecule has 0 atom stereocenters. The summed E-state index contributed by atoms with van der Waals surface area (Å²) in [4.78, 5) is 4.37. The monoisotopic (exact) mass is 354 g/mol. The van der Waals surface area contributed by atoms with E-state index in [1.54, 1.807) is 30.3 Å². The van der Waals surface area contributed by atoms with Crippen LogP contribution in [-0.2, 0) is 6.37 Å². The normalized spacial score (nSPS) is 15.0. The summed E-state index contributed by atoms with van der Waals surface area (Å²) < 4.78 is 46.5. The van der Waals surface area contributed by atoms with Crippen molar-refractivity contribution in [2.75, 3.05) is 0 Å².